The molecule has 1 aliphatic carbocycles. The van der Waals surface area contributed by atoms with Gasteiger partial charge in [0.05, 0.1) is 0 Å². The van der Waals surface area contributed by atoms with Crippen molar-refractivity contribution in [2.24, 2.45) is 0 Å². The van der Waals surface area contributed by atoms with E-state index in [9.17, 15) is 13.6 Å². The number of amides is 1. The molecule has 0 aromatic rings. The van der Waals surface area contributed by atoms with E-state index >= 15 is 0 Å². The number of hydrogen-bond acceptors (Lipinski definition) is 2. The molecule has 1 aliphatic rings. The molecule has 0 bridgehead atoms. The van der Waals surface area contributed by atoms with Crippen LogP contribution in [0.1, 0.15) is 25.7 Å². The highest BCUT2D eigenvalue weighted by molar-refractivity contribution is 5.66. The lowest BCUT2D eigenvalue weighted by molar-refractivity contribution is -0.0653. The minimum atomic E-state index is -2.57. The zero-order valence-corrected chi connectivity index (χ0v) is 7.48. The van der Waals surface area contributed by atoms with Gasteiger partial charge in [0.1, 0.15) is 6.10 Å². The van der Waals surface area contributed by atoms with Crippen molar-refractivity contribution in [3.8, 4) is 0 Å². The van der Waals surface area contributed by atoms with Gasteiger partial charge in [0.2, 0.25) is 5.92 Å². The maximum Gasteiger partial charge on any atom is 0.407 e. The van der Waals surface area contributed by atoms with Crippen molar-refractivity contribution >= 4 is 6.09 Å². The lowest BCUT2D eigenvalue weighted by Gasteiger charge is -2.27. The summed E-state index contributed by atoms with van der Waals surface area (Å²) in [5.41, 5.74) is 0. The Hall–Kier alpha value is -0.870. The maximum absolute atomic E-state index is 12.6. The zero-order valence-electron chi connectivity index (χ0n) is 7.48. The number of alkyl halides is 2. The van der Waals surface area contributed by atoms with E-state index in [2.05, 4.69) is 5.32 Å². The van der Waals surface area contributed by atoms with Crippen LogP contribution < -0.4 is 5.32 Å². The van der Waals surface area contributed by atoms with Crippen molar-refractivity contribution < 1.29 is 18.3 Å². The molecule has 1 fully saturated rings. The average molecular weight is 193 g/mol. The van der Waals surface area contributed by atoms with E-state index in [4.69, 9.17) is 4.74 Å². The van der Waals surface area contributed by atoms with Crippen molar-refractivity contribution in [3.63, 3.8) is 0 Å². The van der Waals surface area contributed by atoms with Crippen LogP contribution in [0.25, 0.3) is 0 Å². The van der Waals surface area contributed by atoms with Crippen LogP contribution in [0.3, 0.4) is 0 Å². The van der Waals surface area contributed by atoms with Crippen molar-refractivity contribution in [1.29, 1.82) is 0 Å². The Morgan fingerprint density at radius 1 is 1.46 bits per heavy atom. The summed E-state index contributed by atoms with van der Waals surface area (Å²) in [5.74, 6) is -2.57. The van der Waals surface area contributed by atoms with Gasteiger partial charge in [0.15, 0.2) is 0 Å². The molecule has 76 valence electrons. The van der Waals surface area contributed by atoms with Crippen molar-refractivity contribution in [2.45, 2.75) is 37.7 Å². The molecule has 0 aliphatic heterocycles. The maximum atomic E-state index is 12.6. The zero-order chi connectivity index (χ0) is 9.90. The van der Waals surface area contributed by atoms with Crippen LogP contribution >= 0.6 is 0 Å². The van der Waals surface area contributed by atoms with Crippen LogP contribution in [0, 0.1) is 0 Å². The Morgan fingerprint density at radius 3 is 2.46 bits per heavy atom. The van der Waals surface area contributed by atoms with Crippen LogP contribution in [0.5, 0.6) is 0 Å². The Labute approximate surface area is 75.4 Å². The van der Waals surface area contributed by atoms with Gasteiger partial charge < -0.3 is 10.1 Å². The molecule has 0 aromatic carbocycles. The van der Waals surface area contributed by atoms with Crippen molar-refractivity contribution in [2.75, 3.05) is 7.05 Å². The molecule has 0 spiro atoms. The normalized spacial score (nSPS) is 22.4. The second-order valence-corrected chi connectivity index (χ2v) is 3.21. The number of nitrogens with one attached hydrogen (secondary N) is 1. The first-order chi connectivity index (χ1) is 6.03. The number of ether oxygens (including phenoxy) is 1. The van der Waals surface area contributed by atoms with E-state index in [1.54, 1.807) is 0 Å². The molecule has 1 N–H and O–H groups in total. The minimum Gasteiger partial charge on any atom is -0.446 e. The predicted octanol–water partition coefficient (Wildman–Crippen LogP) is 1.92. The number of hydrogen-bond donors (Lipinski definition) is 1. The van der Waals surface area contributed by atoms with Gasteiger partial charge in [0.25, 0.3) is 0 Å². The number of carbonyl (C=O) groups is 1. The molecule has 13 heavy (non-hydrogen) atoms. The van der Waals surface area contributed by atoms with Gasteiger partial charge in [0, 0.05) is 19.9 Å². The Balaban J connectivity index is 2.29. The number of rotatable bonds is 1. The highest BCUT2D eigenvalue weighted by Gasteiger charge is 2.36. The standard InChI is InChI=1S/C8H13F2NO2/c1-11-7(12)13-6-2-4-8(9,10)5-3-6/h6H,2-5H2,1H3,(H,11,12). The molecule has 0 aromatic heterocycles. The van der Waals surface area contributed by atoms with Gasteiger partial charge in [-0.25, -0.2) is 13.6 Å². The summed E-state index contributed by atoms with van der Waals surface area (Å²) in [6, 6.07) is 0. The molecule has 0 saturated heterocycles. The van der Waals surface area contributed by atoms with Crippen molar-refractivity contribution in [1.82, 2.24) is 5.32 Å². The second-order valence-electron chi connectivity index (χ2n) is 3.21. The molecule has 1 saturated carbocycles. The molecular formula is C8H13F2NO2. The summed E-state index contributed by atoms with van der Waals surface area (Å²) in [5, 5.41) is 2.28. The van der Waals surface area contributed by atoms with E-state index in [1.165, 1.54) is 7.05 Å². The summed E-state index contributed by atoms with van der Waals surface area (Å²) in [4.78, 5) is 10.7. The lowest BCUT2D eigenvalue weighted by Crippen LogP contribution is -2.33. The predicted molar refractivity (Wildman–Crippen MR) is 42.7 cm³/mol. The first kappa shape index (κ1) is 10.2. The second kappa shape index (κ2) is 3.89. The summed E-state index contributed by atoms with van der Waals surface area (Å²) in [6.45, 7) is 0. The van der Waals surface area contributed by atoms with Gasteiger partial charge in [-0.2, -0.15) is 0 Å². The smallest absolute Gasteiger partial charge is 0.407 e. The van der Waals surface area contributed by atoms with Crippen molar-refractivity contribution in [3.05, 3.63) is 0 Å². The quantitative estimate of drug-likeness (QED) is 0.690. The highest BCUT2D eigenvalue weighted by Crippen LogP contribution is 2.34. The molecule has 3 nitrogen and oxygen atoms in total. The molecule has 0 unspecified atom stereocenters. The molecule has 0 radical (unpaired) electrons. The molecular weight excluding hydrogens is 180 g/mol. The molecule has 0 atom stereocenters. The first-order valence-corrected chi connectivity index (χ1v) is 4.30. The van der Waals surface area contributed by atoms with E-state index in [1.807, 2.05) is 0 Å². The monoisotopic (exact) mass is 193 g/mol. The summed E-state index contributed by atoms with van der Waals surface area (Å²) < 4.78 is 30.1. The molecule has 5 heteroatoms. The largest absolute Gasteiger partial charge is 0.446 e. The number of alkyl carbamates (subject to hydrolysis) is 1. The van der Waals surface area contributed by atoms with Gasteiger partial charge >= 0.3 is 6.09 Å². The van der Waals surface area contributed by atoms with Crippen LogP contribution in [0.2, 0.25) is 0 Å². The number of carbonyl (C=O) groups excluding carboxylic acids is 1. The van der Waals surface area contributed by atoms with Gasteiger partial charge in [-0.15, -0.1) is 0 Å². The lowest BCUT2D eigenvalue weighted by atomic mass is 9.94. The Bertz CT molecular complexity index is 187. The third kappa shape index (κ3) is 3.16. The van der Waals surface area contributed by atoms with E-state index in [0.29, 0.717) is 0 Å². The molecule has 1 rings (SSSR count). The summed E-state index contributed by atoms with van der Waals surface area (Å²) in [6.07, 6.45) is -0.765. The van der Waals surface area contributed by atoms with Gasteiger partial charge in [-0.1, -0.05) is 0 Å². The third-order valence-corrected chi connectivity index (χ3v) is 2.14. The van der Waals surface area contributed by atoms with Gasteiger partial charge in [-0.05, 0) is 12.8 Å². The SMILES string of the molecule is CNC(=O)OC1CCC(F)(F)CC1. The van der Waals surface area contributed by atoms with Crippen LogP contribution in [-0.2, 0) is 4.74 Å². The van der Waals surface area contributed by atoms with Crippen LogP contribution in [-0.4, -0.2) is 25.2 Å². The minimum absolute atomic E-state index is 0.186. The average Bonchev–Trinajstić information content (AvgIpc) is 2.08. The van der Waals surface area contributed by atoms with E-state index in [0.717, 1.165) is 0 Å². The summed E-state index contributed by atoms with van der Waals surface area (Å²) >= 11 is 0. The topological polar surface area (TPSA) is 38.3 Å². The van der Waals surface area contributed by atoms with Crippen LogP contribution in [0.15, 0.2) is 0 Å². The summed E-state index contributed by atoms with van der Waals surface area (Å²) in [7, 11) is 1.44. The molecule has 1 amide bonds. The fourth-order valence-corrected chi connectivity index (χ4v) is 1.34. The fraction of sp³-hybridized carbons (Fsp3) is 0.875. The molecule has 0 heterocycles. The number of halogens is 2. The first-order valence-electron chi connectivity index (χ1n) is 4.30. The van der Waals surface area contributed by atoms with E-state index < -0.39 is 12.0 Å². The Morgan fingerprint density at radius 2 is 2.00 bits per heavy atom. The van der Waals surface area contributed by atoms with E-state index in [-0.39, 0.29) is 31.8 Å². The van der Waals surface area contributed by atoms with Crippen LogP contribution in [0.4, 0.5) is 13.6 Å². The Kier molecular flexibility index (Phi) is 3.06. The van der Waals surface area contributed by atoms with Gasteiger partial charge in [-0.3, -0.25) is 0 Å². The highest BCUT2D eigenvalue weighted by atomic mass is 19.3. The fourth-order valence-electron chi connectivity index (χ4n) is 1.34. The third-order valence-electron chi connectivity index (χ3n) is 2.14.